The van der Waals surface area contributed by atoms with Gasteiger partial charge < -0.3 is 10.0 Å². The molecule has 0 fully saturated rings. The van der Waals surface area contributed by atoms with Crippen LogP contribution in [0.2, 0.25) is 0 Å². The summed E-state index contributed by atoms with van der Waals surface area (Å²) in [7, 11) is -1.68. The van der Waals surface area contributed by atoms with Gasteiger partial charge in [-0.25, -0.2) is 14.1 Å². The van der Waals surface area contributed by atoms with E-state index in [0.717, 1.165) is 6.07 Å². The molecular formula is C9H9BFN3O2. The predicted octanol–water partition coefficient (Wildman–Crippen LogP) is -0.855. The van der Waals surface area contributed by atoms with E-state index in [2.05, 4.69) is 10.1 Å². The molecule has 2 rings (SSSR count). The first-order chi connectivity index (χ1) is 7.65. The molecule has 0 spiro atoms. The minimum absolute atomic E-state index is 0.120. The van der Waals surface area contributed by atoms with Crippen LogP contribution in [0.1, 0.15) is 5.56 Å². The summed E-state index contributed by atoms with van der Waals surface area (Å²) in [6.45, 7) is 0.331. The van der Waals surface area contributed by atoms with Crippen molar-refractivity contribution in [3.05, 3.63) is 42.2 Å². The molecule has 1 aromatic heterocycles. The minimum Gasteiger partial charge on any atom is -0.423 e. The van der Waals surface area contributed by atoms with Crippen molar-refractivity contribution < 1.29 is 14.4 Å². The normalized spacial score (nSPS) is 10.4. The van der Waals surface area contributed by atoms with Crippen LogP contribution in [-0.4, -0.2) is 31.9 Å². The van der Waals surface area contributed by atoms with Crippen LogP contribution in [-0.2, 0) is 6.54 Å². The number of halogens is 1. The summed E-state index contributed by atoms with van der Waals surface area (Å²) in [5.41, 5.74) is 0.712. The topological polar surface area (TPSA) is 71.2 Å². The fourth-order valence-corrected chi connectivity index (χ4v) is 1.42. The van der Waals surface area contributed by atoms with Gasteiger partial charge in [0.15, 0.2) is 0 Å². The van der Waals surface area contributed by atoms with Gasteiger partial charge in [-0.15, -0.1) is 0 Å². The van der Waals surface area contributed by atoms with Gasteiger partial charge in [-0.1, -0.05) is 6.07 Å². The van der Waals surface area contributed by atoms with E-state index in [4.69, 9.17) is 10.0 Å². The largest absolute Gasteiger partial charge is 0.488 e. The van der Waals surface area contributed by atoms with Gasteiger partial charge in [0, 0.05) is 0 Å². The maximum absolute atomic E-state index is 13.1. The SMILES string of the molecule is OB(O)c1cc(F)cc(Cn2cncn2)c1. The number of nitrogens with zero attached hydrogens (tertiary/aromatic N) is 3. The monoisotopic (exact) mass is 221 g/mol. The Morgan fingerprint density at radius 2 is 2.12 bits per heavy atom. The molecule has 7 heteroatoms. The van der Waals surface area contributed by atoms with Crippen LogP contribution >= 0.6 is 0 Å². The number of aromatic nitrogens is 3. The summed E-state index contributed by atoms with van der Waals surface area (Å²) < 4.78 is 14.7. The first-order valence-electron chi connectivity index (χ1n) is 4.63. The van der Waals surface area contributed by atoms with E-state index in [9.17, 15) is 4.39 Å². The molecule has 0 radical (unpaired) electrons. The molecular weight excluding hydrogens is 212 g/mol. The molecule has 2 N–H and O–H groups in total. The second-order valence-electron chi connectivity index (χ2n) is 3.36. The van der Waals surface area contributed by atoms with E-state index >= 15 is 0 Å². The highest BCUT2D eigenvalue weighted by molar-refractivity contribution is 6.58. The molecule has 0 saturated carbocycles. The van der Waals surface area contributed by atoms with Gasteiger partial charge in [-0.3, -0.25) is 0 Å². The van der Waals surface area contributed by atoms with Gasteiger partial charge in [0.2, 0.25) is 0 Å². The van der Waals surface area contributed by atoms with Crippen LogP contribution < -0.4 is 5.46 Å². The van der Waals surface area contributed by atoms with Gasteiger partial charge in [-0.05, 0) is 23.2 Å². The smallest absolute Gasteiger partial charge is 0.423 e. The van der Waals surface area contributed by atoms with Crippen LogP contribution in [0.3, 0.4) is 0 Å². The zero-order valence-corrected chi connectivity index (χ0v) is 8.29. The van der Waals surface area contributed by atoms with Gasteiger partial charge in [0.25, 0.3) is 0 Å². The molecule has 0 amide bonds. The minimum atomic E-state index is -1.68. The number of hydrogen-bond donors (Lipinski definition) is 2. The summed E-state index contributed by atoms with van der Waals surface area (Å²) >= 11 is 0. The summed E-state index contributed by atoms with van der Waals surface area (Å²) in [6, 6.07) is 3.90. The molecule has 1 heterocycles. The summed E-state index contributed by atoms with van der Waals surface area (Å²) in [4.78, 5) is 3.76. The van der Waals surface area contributed by atoms with E-state index in [0.29, 0.717) is 12.1 Å². The van der Waals surface area contributed by atoms with Crippen molar-refractivity contribution in [3.8, 4) is 0 Å². The molecule has 1 aromatic carbocycles. The molecule has 0 atom stereocenters. The van der Waals surface area contributed by atoms with E-state index in [1.54, 1.807) is 0 Å². The average molecular weight is 221 g/mol. The molecule has 0 aliphatic rings. The Balaban J connectivity index is 2.27. The molecule has 0 aliphatic heterocycles. The lowest BCUT2D eigenvalue weighted by molar-refractivity contribution is 0.425. The predicted molar refractivity (Wildman–Crippen MR) is 55.3 cm³/mol. The lowest BCUT2D eigenvalue weighted by atomic mass is 9.79. The van der Waals surface area contributed by atoms with Crippen molar-refractivity contribution in [2.45, 2.75) is 6.54 Å². The number of rotatable bonds is 3. The fourth-order valence-electron chi connectivity index (χ4n) is 1.42. The number of benzene rings is 1. The average Bonchev–Trinajstić information content (AvgIpc) is 2.69. The van der Waals surface area contributed by atoms with Crippen LogP contribution in [0.5, 0.6) is 0 Å². The Morgan fingerprint density at radius 1 is 1.31 bits per heavy atom. The Kier molecular flexibility index (Phi) is 2.98. The molecule has 82 valence electrons. The lowest BCUT2D eigenvalue weighted by Crippen LogP contribution is -2.30. The van der Waals surface area contributed by atoms with Crippen molar-refractivity contribution in [2.24, 2.45) is 0 Å². The van der Waals surface area contributed by atoms with Crippen molar-refractivity contribution >= 4 is 12.6 Å². The molecule has 0 bridgehead atoms. The fraction of sp³-hybridized carbons (Fsp3) is 0.111. The Labute approximate surface area is 91.3 Å². The van der Waals surface area contributed by atoms with Gasteiger partial charge in [-0.2, -0.15) is 5.10 Å². The van der Waals surface area contributed by atoms with E-state index < -0.39 is 12.9 Å². The highest BCUT2D eigenvalue weighted by Gasteiger charge is 2.13. The van der Waals surface area contributed by atoms with Crippen LogP contribution in [0.25, 0.3) is 0 Å². The quantitative estimate of drug-likeness (QED) is 0.662. The highest BCUT2D eigenvalue weighted by Crippen LogP contribution is 2.04. The summed E-state index contributed by atoms with van der Waals surface area (Å²) in [5, 5.41) is 21.8. The van der Waals surface area contributed by atoms with E-state index in [-0.39, 0.29) is 5.46 Å². The van der Waals surface area contributed by atoms with Crippen LogP contribution in [0.4, 0.5) is 4.39 Å². The van der Waals surface area contributed by atoms with Gasteiger partial charge in [0.1, 0.15) is 18.5 Å². The standard InChI is InChI=1S/C9H9BFN3O2/c11-9-2-7(1-8(3-9)10(15)16)4-14-6-12-5-13-14/h1-3,5-6,15-16H,4H2. The molecule has 5 nitrogen and oxygen atoms in total. The van der Waals surface area contributed by atoms with Crippen molar-refractivity contribution in [1.29, 1.82) is 0 Å². The van der Waals surface area contributed by atoms with E-state index in [1.165, 1.54) is 29.5 Å². The third-order valence-corrected chi connectivity index (χ3v) is 2.09. The Hall–Kier alpha value is -1.73. The molecule has 0 saturated heterocycles. The van der Waals surface area contributed by atoms with Gasteiger partial charge in [0.05, 0.1) is 6.54 Å². The maximum atomic E-state index is 13.1. The highest BCUT2D eigenvalue weighted by atomic mass is 19.1. The molecule has 2 aromatic rings. The molecule has 16 heavy (non-hydrogen) atoms. The van der Waals surface area contributed by atoms with Gasteiger partial charge >= 0.3 is 7.12 Å². The third kappa shape index (κ3) is 2.44. The number of hydrogen-bond acceptors (Lipinski definition) is 4. The second kappa shape index (κ2) is 4.42. The first kappa shape index (κ1) is 10.8. The molecule has 0 unspecified atom stereocenters. The molecule has 0 aliphatic carbocycles. The Morgan fingerprint density at radius 3 is 2.75 bits per heavy atom. The van der Waals surface area contributed by atoms with Crippen molar-refractivity contribution in [3.63, 3.8) is 0 Å². The van der Waals surface area contributed by atoms with Crippen LogP contribution in [0.15, 0.2) is 30.9 Å². The summed E-state index contributed by atoms with van der Waals surface area (Å²) in [5.74, 6) is -0.513. The van der Waals surface area contributed by atoms with Crippen LogP contribution in [0, 0.1) is 5.82 Å². The lowest BCUT2D eigenvalue weighted by Gasteiger charge is -2.05. The van der Waals surface area contributed by atoms with Crippen molar-refractivity contribution in [2.75, 3.05) is 0 Å². The zero-order valence-electron chi connectivity index (χ0n) is 8.29. The second-order valence-corrected chi connectivity index (χ2v) is 3.36. The first-order valence-corrected chi connectivity index (χ1v) is 4.63. The van der Waals surface area contributed by atoms with E-state index in [1.807, 2.05) is 0 Å². The zero-order chi connectivity index (χ0) is 11.5. The maximum Gasteiger partial charge on any atom is 0.488 e. The summed E-state index contributed by atoms with van der Waals surface area (Å²) in [6.07, 6.45) is 2.88. The Bertz CT molecular complexity index is 476. The third-order valence-electron chi connectivity index (χ3n) is 2.09. The van der Waals surface area contributed by atoms with Crippen molar-refractivity contribution in [1.82, 2.24) is 14.8 Å².